The third-order valence-corrected chi connectivity index (χ3v) is 5.23. The van der Waals surface area contributed by atoms with E-state index in [0.29, 0.717) is 11.1 Å². The molecule has 0 aliphatic carbocycles. The monoisotopic (exact) mass is 379 g/mol. The molecule has 28 heavy (non-hydrogen) atoms. The second kappa shape index (κ2) is 7.16. The number of nitrogens with zero attached hydrogens (tertiary/aromatic N) is 3. The summed E-state index contributed by atoms with van der Waals surface area (Å²) in [5, 5.41) is 0. The van der Waals surface area contributed by atoms with Gasteiger partial charge in [0.05, 0.1) is 35.2 Å². The first-order chi connectivity index (χ1) is 13.5. The van der Waals surface area contributed by atoms with E-state index in [1.165, 1.54) is 5.56 Å². The van der Waals surface area contributed by atoms with Gasteiger partial charge in [-0.2, -0.15) is 0 Å². The first-order valence-corrected chi connectivity index (χ1v) is 9.37. The molecule has 0 bridgehead atoms. The Morgan fingerprint density at radius 3 is 2.82 bits per heavy atom. The normalized spacial score (nSPS) is 13.0. The number of imidazole rings is 1. The van der Waals surface area contributed by atoms with E-state index in [1.807, 2.05) is 27.2 Å². The number of H-pyrrole nitrogens is 1. The number of hydrogen-bond acceptors (Lipinski definition) is 5. The molecular formula is C21H25N5O2. The predicted molar refractivity (Wildman–Crippen MR) is 111 cm³/mol. The number of nitrogens with one attached hydrogen (secondary N) is 1. The van der Waals surface area contributed by atoms with Gasteiger partial charge in [-0.15, -0.1) is 0 Å². The maximum Gasteiger partial charge on any atom is 0.253 e. The zero-order valence-corrected chi connectivity index (χ0v) is 16.5. The molecule has 2 heterocycles. The number of benzene rings is 2. The Kier molecular flexibility index (Phi) is 4.68. The van der Waals surface area contributed by atoms with Crippen molar-refractivity contribution in [2.75, 3.05) is 45.7 Å². The van der Waals surface area contributed by atoms with E-state index in [2.05, 4.69) is 38.0 Å². The summed E-state index contributed by atoms with van der Waals surface area (Å²) in [6.07, 6.45) is 2.54. The van der Waals surface area contributed by atoms with E-state index < -0.39 is 5.91 Å². The number of aromatic amines is 1. The van der Waals surface area contributed by atoms with Crippen molar-refractivity contribution in [1.29, 1.82) is 0 Å². The molecule has 3 N–H and O–H groups in total. The number of carbonyl (C=O) groups is 1. The number of ether oxygens (including phenoxy) is 1. The van der Waals surface area contributed by atoms with Crippen LogP contribution in [0, 0.1) is 0 Å². The number of primary amides is 1. The second-order valence-electron chi connectivity index (χ2n) is 7.45. The van der Waals surface area contributed by atoms with Gasteiger partial charge in [-0.05, 0) is 37.4 Å². The molecule has 0 spiro atoms. The van der Waals surface area contributed by atoms with Gasteiger partial charge < -0.3 is 25.3 Å². The second-order valence-corrected chi connectivity index (χ2v) is 7.45. The van der Waals surface area contributed by atoms with Gasteiger partial charge >= 0.3 is 0 Å². The average molecular weight is 379 g/mol. The molecular weight excluding hydrogens is 354 g/mol. The fourth-order valence-electron chi connectivity index (χ4n) is 3.67. The van der Waals surface area contributed by atoms with Crippen molar-refractivity contribution < 1.29 is 9.53 Å². The van der Waals surface area contributed by atoms with Gasteiger partial charge in [-0.25, -0.2) is 4.98 Å². The molecule has 7 nitrogen and oxygen atoms in total. The van der Waals surface area contributed by atoms with Gasteiger partial charge in [0.2, 0.25) is 0 Å². The van der Waals surface area contributed by atoms with Crippen molar-refractivity contribution in [3.63, 3.8) is 0 Å². The van der Waals surface area contributed by atoms with Crippen LogP contribution in [-0.2, 0) is 6.42 Å². The molecule has 7 heteroatoms. The van der Waals surface area contributed by atoms with Gasteiger partial charge in [0.1, 0.15) is 5.75 Å². The Hall–Kier alpha value is -3.06. The molecule has 1 aromatic heterocycles. The van der Waals surface area contributed by atoms with Crippen LogP contribution >= 0.6 is 0 Å². The highest BCUT2D eigenvalue weighted by molar-refractivity contribution is 6.12. The first-order valence-electron chi connectivity index (χ1n) is 9.37. The minimum absolute atomic E-state index is 0.468. The summed E-state index contributed by atoms with van der Waals surface area (Å²) in [7, 11) is 6.02. The summed E-state index contributed by atoms with van der Waals surface area (Å²) >= 11 is 0. The highest BCUT2D eigenvalue weighted by atomic mass is 16.5. The fourth-order valence-corrected chi connectivity index (χ4v) is 3.67. The molecule has 0 radical (unpaired) electrons. The zero-order valence-electron chi connectivity index (χ0n) is 16.5. The molecule has 4 rings (SSSR count). The molecule has 3 aromatic rings. The van der Waals surface area contributed by atoms with Gasteiger partial charge in [0.25, 0.3) is 5.91 Å². The maximum atomic E-state index is 12.3. The molecule has 0 saturated heterocycles. The van der Waals surface area contributed by atoms with Gasteiger partial charge in [-0.1, -0.05) is 12.1 Å². The maximum absolute atomic E-state index is 12.3. The Morgan fingerprint density at radius 2 is 2.07 bits per heavy atom. The lowest BCUT2D eigenvalue weighted by molar-refractivity contribution is 0.100. The van der Waals surface area contributed by atoms with Crippen molar-refractivity contribution in [3.8, 4) is 16.9 Å². The number of rotatable bonds is 6. The van der Waals surface area contributed by atoms with Crippen LogP contribution in [0.15, 0.2) is 30.6 Å². The van der Waals surface area contributed by atoms with Crippen LogP contribution in [0.3, 0.4) is 0 Å². The number of fused-ring (bicyclic) bond motifs is 2. The Balaban J connectivity index is 1.88. The van der Waals surface area contributed by atoms with E-state index in [4.69, 9.17) is 10.5 Å². The summed E-state index contributed by atoms with van der Waals surface area (Å²) in [4.78, 5) is 24.1. The van der Waals surface area contributed by atoms with Crippen molar-refractivity contribution in [1.82, 2.24) is 14.9 Å². The Morgan fingerprint density at radius 1 is 1.25 bits per heavy atom. The SMILES string of the molecule is CN(C)CCN(C)c1cc(-c2ccc3c(c2)OCC3)c2nc[nH]c2c1C(N)=O. The molecule has 0 saturated carbocycles. The van der Waals surface area contributed by atoms with E-state index in [-0.39, 0.29) is 0 Å². The van der Waals surface area contributed by atoms with Crippen molar-refractivity contribution in [2.24, 2.45) is 5.73 Å². The molecule has 2 aromatic carbocycles. The zero-order chi connectivity index (χ0) is 19.8. The van der Waals surface area contributed by atoms with E-state index in [0.717, 1.165) is 54.2 Å². The van der Waals surface area contributed by atoms with Crippen molar-refractivity contribution in [2.45, 2.75) is 6.42 Å². The summed E-state index contributed by atoms with van der Waals surface area (Å²) in [6, 6.07) is 8.26. The molecule has 1 aliphatic heterocycles. The fraction of sp³-hybridized carbons (Fsp3) is 0.333. The molecule has 1 amide bonds. The summed E-state index contributed by atoms with van der Waals surface area (Å²) in [5.41, 5.74) is 11.6. The van der Waals surface area contributed by atoms with E-state index >= 15 is 0 Å². The average Bonchev–Trinajstić information content (AvgIpc) is 3.32. The van der Waals surface area contributed by atoms with Crippen LogP contribution in [-0.4, -0.2) is 61.6 Å². The smallest absolute Gasteiger partial charge is 0.253 e. The molecule has 146 valence electrons. The van der Waals surface area contributed by atoms with Gasteiger partial charge in [0.15, 0.2) is 0 Å². The standard InChI is InChI=1S/C21H25N5O2/c1-25(2)7-8-26(3)16-11-15(14-5-4-13-6-9-28-17(13)10-14)19-20(24-12-23-19)18(16)21(22)27/h4-5,10-12H,6-9H2,1-3H3,(H2,22,27)(H,23,24). The molecule has 0 atom stereocenters. The third kappa shape index (κ3) is 3.18. The number of likely N-dealkylation sites (N-methyl/N-ethyl adjacent to an activating group) is 2. The topological polar surface area (TPSA) is 87.5 Å². The number of nitrogens with two attached hydrogens (primary N) is 1. The first kappa shape index (κ1) is 18.3. The number of aromatic nitrogens is 2. The van der Waals surface area contributed by atoms with Gasteiger partial charge in [0, 0.05) is 32.1 Å². The highest BCUT2D eigenvalue weighted by Gasteiger charge is 2.22. The van der Waals surface area contributed by atoms with Crippen LogP contribution < -0.4 is 15.4 Å². The van der Waals surface area contributed by atoms with Crippen LogP contribution in [0.25, 0.3) is 22.2 Å². The predicted octanol–water partition coefficient (Wildman–Crippen LogP) is 2.26. The highest BCUT2D eigenvalue weighted by Crippen LogP contribution is 2.38. The Bertz CT molecular complexity index is 1040. The number of carbonyl (C=O) groups excluding carboxylic acids is 1. The number of hydrogen-bond donors (Lipinski definition) is 2. The summed E-state index contributed by atoms with van der Waals surface area (Å²) < 4.78 is 5.74. The van der Waals surface area contributed by atoms with Crippen molar-refractivity contribution >= 4 is 22.6 Å². The lowest BCUT2D eigenvalue weighted by atomic mass is 9.97. The molecule has 1 aliphatic rings. The van der Waals surface area contributed by atoms with E-state index in [9.17, 15) is 4.79 Å². The minimum Gasteiger partial charge on any atom is -0.493 e. The largest absolute Gasteiger partial charge is 0.493 e. The van der Waals surface area contributed by atoms with Crippen LogP contribution in [0.5, 0.6) is 5.75 Å². The molecule has 0 fully saturated rings. The molecule has 0 unspecified atom stereocenters. The minimum atomic E-state index is -0.468. The van der Waals surface area contributed by atoms with Gasteiger partial charge in [-0.3, -0.25) is 4.79 Å². The lowest BCUT2D eigenvalue weighted by Gasteiger charge is -2.24. The van der Waals surface area contributed by atoms with Crippen LogP contribution in [0.2, 0.25) is 0 Å². The third-order valence-electron chi connectivity index (χ3n) is 5.23. The summed E-state index contributed by atoms with van der Waals surface area (Å²) in [5.74, 6) is 0.451. The lowest BCUT2D eigenvalue weighted by Crippen LogP contribution is -2.30. The van der Waals surface area contributed by atoms with Crippen LogP contribution in [0.1, 0.15) is 15.9 Å². The quantitative estimate of drug-likeness (QED) is 0.686. The van der Waals surface area contributed by atoms with Crippen LogP contribution in [0.4, 0.5) is 5.69 Å². The number of anilines is 1. The van der Waals surface area contributed by atoms with E-state index in [1.54, 1.807) is 6.33 Å². The van der Waals surface area contributed by atoms with Crippen molar-refractivity contribution in [3.05, 3.63) is 41.7 Å². The number of amides is 1. The summed E-state index contributed by atoms with van der Waals surface area (Å²) in [6.45, 7) is 2.34. The Labute approximate surface area is 164 Å².